The van der Waals surface area contributed by atoms with Crippen molar-refractivity contribution in [3.8, 4) is 0 Å². The Balaban J connectivity index is 2.47. The van der Waals surface area contributed by atoms with E-state index in [1.807, 2.05) is 0 Å². The Morgan fingerprint density at radius 2 is 2.28 bits per heavy atom. The summed E-state index contributed by atoms with van der Waals surface area (Å²) in [6.45, 7) is -0.133. The Morgan fingerprint density at radius 1 is 1.56 bits per heavy atom. The van der Waals surface area contributed by atoms with Gasteiger partial charge in [-0.3, -0.25) is 0 Å². The van der Waals surface area contributed by atoms with E-state index in [1.165, 1.54) is 0 Å². The Morgan fingerprint density at radius 3 is 2.89 bits per heavy atom. The van der Waals surface area contributed by atoms with Crippen LogP contribution < -0.4 is 5.73 Å². The van der Waals surface area contributed by atoms with Crippen LogP contribution in [0.5, 0.6) is 0 Å². The van der Waals surface area contributed by atoms with Crippen LogP contribution in [0.4, 0.5) is 0 Å². The van der Waals surface area contributed by atoms with Crippen LogP contribution >= 0.6 is 8.81 Å². The van der Waals surface area contributed by atoms with Gasteiger partial charge >= 0.3 is 5.97 Å². The van der Waals surface area contributed by atoms with Crippen molar-refractivity contribution in [1.82, 2.24) is 0 Å². The van der Waals surface area contributed by atoms with E-state index in [2.05, 4.69) is 9.62 Å². The van der Waals surface area contributed by atoms with Gasteiger partial charge in [0.05, 0.1) is 15.4 Å². The fourth-order valence-electron chi connectivity index (χ4n) is 1.18. The van der Waals surface area contributed by atoms with Gasteiger partial charge in [0.1, 0.15) is 6.10 Å². The molecule has 0 saturated heterocycles. The highest BCUT2D eigenvalue weighted by Crippen LogP contribution is 2.26. The van der Waals surface area contributed by atoms with Gasteiger partial charge in [0.15, 0.2) is 11.9 Å². The van der Waals surface area contributed by atoms with E-state index in [1.54, 1.807) is 0 Å². The van der Waals surface area contributed by atoms with Gasteiger partial charge in [-0.05, 0) is 19.1 Å². The van der Waals surface area contributed by atoms with E-state index in [4.69, 9.17) is 15.5 Å². The third-order valence-electron chi connectivity index (χ3n) is 2.12. The molecule has 1 aliphatic heterocycles. The number of rotatable bonds is 8. The Bertz CT molecular complexity index is 322. The average molecular weight is 281 g/mol. The molecule has 1 rings (SSSR count). The zero-order valence-electron chi connectivity index (χ0n) is 9.54. The highest BCUT2D eigenvalue weighted by atomic mass is 31.1. The summed E-state index contributed by atoms with van der Waals surface area (Å²) in [5.41, 5.74) is 5.28. The van der Waals surface area contributed by atoms with Gasteiger partial charge in [-0.2, -0.15) is 4.67 Å². The number of carbonyl (C=O) groups excluding carboxylic acids is 1. The quantitative estimate of drug-likeness (QED) is 0.145. The van der Waals surface area contributed by atoms with Crippen LogP contribution in [0.1, 0.15) is 6.42 Å². The number of esters is 1. The minimum absolute atomic E-state index is 0.0352. The summed E-state index contributed by atoms with van der Waals surface area (Å²) in [6.07, 6.45) is -1.31. The first kappa shape index (κ1) is 15.1. The van der Waals surface area contributed by atoms with Gasteiger partial charge in [0.25, 0.3) is 5.76 Å². The molecule has 0 bridgehead atoms. The summed E-state index contributed by atoms with van der Waals surface area (Å²) in [5.74, 6) is -2.05. The van der Waals surface area contributed by atoms with Crippen molar-refractivity contribution in [1.29, 1.82) is 0 Å². The van der Waals surface area contributed by atoms with Crippen molar-refractivity contribution in [2.75, 3.05) is 19.3 Å². The van der Waals surface area contributed by atoms with Gasteiger partial charge in [-0.15, -0.1) is 0 Å². The molecular weight excluding hydrogens is 265 g/mol. The summed E-state index contributed by atoms with van der Waals surface area (Å²) in [4.78, 5) is 15.9. The molecular formula is C9H16NO7P. The Kier molecular flexibility index (Phi) is 6.31. The molecule has 1 unspecified atom stereocenters. The maximum Gasteiger partial charge on any atom is 0.382 e. The minimum Gasteiger partial charge on any atom is -0.505 e. The maximum absolute atomic E-state index is 11.3. The predicted octanol–water partition coefficient (Wildman–Crippen LogP) is -1.07. The van der Waals surface area contributed by atoms with Crippen molar-refractivity contribution in [2.24, 2.45) is 5.73 Å². The molecule has 0 aliphatic carbocycles. The number of ether oxygens (including phenoxy) is 1. The molecule has 0 radical (unpaired) electrons. The molecule has 3 atom stereocenters. The Labute approximate surface area is 105 Å². The molecule has 0 spiro atoms. The first-order chi connectivity index (χ1) is 8.61. The van der Waals surface area contributed by atoms with Crippen LogP contribution in [0.2, 0.25) is 0 Å². The molecule has 0 fully saturated rings. The molecule has 0 aromatic rings. The summed E-state index contributed by atoms with van der Waals surface area (Å²) >= 11 is 0. The van der Waals surface area contributed by atoms with Crippen molar-refractivity contribution >= 4 is 14.8 Å². The SMILES string of the molecule is NCCCPOOC1=C(O)[C@@H]([C@@H](O)CO)OC1=O. The number of nitrogens with two attached hydrogens (primary N) is 1. The second-order valence-corrected chi connectivity index (χ2v) is 4.45. The molecule has 18 heavy (non-hydrogen) atoms. The van der Waals surface area contributed by atoms with E-state index < -0.39 is 36.3 Å². The lowest BCUT2D eigenvalue weighted by Crippen LogP contribution is -2.31. The number of cyclic esters (lactones) is 1. The zero-order valence-corrected chi connectivity index (χ0v) is 10.5. The molecule has 1 aliphatic rings. The lowest BCUT2D eigenvalue weighted by Gasteiger charge is -2.13. The lowest BCUT2D eigenvalue weighted by molar-refractivity contribution is -0.176. The summed E-state index contributed by atoms with van der Waals surface area (Å²) in [6, 6.07) is 0. The van der Waals surface area contributed by atoms with E-state index >= 15 is 0 Å². The lowest BCUT2D eigenvalue weighted by atomic mass is 10.2. The van der Waals surface area contributed by atoms with Crippen LogP contribution in [0.3, 0.4) is 0 Å². The van der Waals surface area contributed by atoms with Crippen molar-refractivity contribution in [3.05, 3.63) is 11.5 Å². The monoisotopic (exact) mass is 281 g/mol. The highest BCUT2D eigenvalue weighted by molar-refractivity contribution is 7.32. The van der Waals surface area contributed by atoms with E-state index in [9.17, 15) is 15.0 Å². The van der Waals surface area contributed by atoms with E-state index in [0.717, 1.165) is 6.42 Å². The molecule has 0 aromatic heterocycles. The number of hydrogen-bond acceptors (Lipinski definition) is 8. The van der Waals surface area contributed by atoms with Gasteiger partial charge in [0.2, 0.25) is 0 Å². The van der Waals surface area contributed by atoms with Crippen LogP contribution in [-0.4, -0.2) is 52.8 Å². The standard InChI is InChI=1S/C9H16NO7P/c10-2-1-3-18-17-16-8-6(13)7(5(12)4-11)15-9(8)14/h5,7,11-13,18H,1-4,10H2/t5-,7+/m0/s1. The summed E-state index contributed by atoms with van der Waals surface area (Å²) in [5, 5.41) is 27.5. The van der Waals surface area contributed by atoms with Gasteiger partial charge < -0.3 is 30.7 Å². The summed E-state index contributed by atoms with van der Waals surface area (Å²) in [7, 11) is -0.0352. The minimum atomic E-state index is -1.41. The predicted molar refractivity (Wildman–Crippen MR) is 61.7 cm³/mol. The normalized spacial score (nSPS) is 21.7. The van der Waals surface area contributed by atoms with Crippen LogP contribution in [0.25, 0.3) is 0 Å². The first-order valence-electron chi connectivity index (χ1n) is 5.31. The molecule has 104 valence electrons. The third kappa shape index (κ3) is 3.79. The first-order valence-corrected chi connectivity index (χ1v) is 6.42. The van der Waals surface area contributed by atoms with Crippen molar-refractivity contribution in [3.63, 3.8) is 0 Å². The molecule has 5 N–H and O–H groups in total. The van der Waals surface area contributed by atoms with E-state index in [0.29, 0.717) is 12.7 Å². The topological polar surface area (TPSA) is 131 Å². The van der Waals surface area contributed by atoms with Gasteiger partial charge in [-0.1, -0.05) is 0 Å². The maximum atomic E-state index is 11.3. The smallest absolute Gasteiger partial charge is 0.382 e. The van der Waals surface area contributed by atoms with Crippen LogP contribution in [0.15, 0.2) is 11.5 Å². The molecule has 8 nitrogen and oxygen atoms in total. The Hall–Kier alpha value is -0.920. The third-order valence-corrected chi connectivity index (χ3v) is 2.88. The largest absolute Gasteiger partial charge is 0.505 e. The fourth-order valence-corrected chi connectivity index (χ4v) is 1.75. The molecule has 0 amide bonds. The van der Waals surface area contributed by atoms with Crippen LogP contribution in [-0.2, 0) is 19.1 Å². The number of hydrogen-bond donors (Lipinski definition) is 4. The van der Waals surface area contributed by atoms with E-state index in [-0.39, 0.29) is 8.81 Å². The van der Waals surface area contributed by atoms with Crippen LogP contribution in [0, 0.1) is 0 Å². The molecule has 0 aromatic carbocycles. The second-order valence-electron chi connectivity index (χ2n) is 3.49. The average Bonchev–Trinajstić information content (AvgIpc) is 2.65. The molecule has 9 heteroatoms. The van der Waals surface area contributed by atoms with Crippen molar-refractivity contribution < 1.29 is 34.4 Å². The van der Waals surface area contributed by atoms with Gasteiger partial charge in [-0.25, -0.2) is 4.79 Å². The molecule has 1 heterocycles. The second kappa shape index (κ2) is 7.50. The van der Waals surface area contributed by atoms with Gasteiger partial charge in [0, 0.05) is 0 Å². The van der Waals surface area contributed by atoms with Crippen molar-refractivity contribution in [2.45, 2.75) is 18.6 Å². The number of aliphatic hydroxyl groups is 3. The highest BCUT2D eigenvalue weighted by Gasteiger charge is 2.41. The fraction of sp³-hybridized carbons (Fsp3) is 0.667. The zero-order chi connectivity index (χ0) is 13.5. The number of carbonyl (C=O) groups is 1. The number of aliphatic hydroxyl groups excluding tert-OH is 3. The summed E-state index contributed by atoms with van der Waals surface area (Å²) < 4.78 is 9.35. The molecule has 0 saturated carbocycles.